The molecular formula is C21H16ClN3O. The highest BCUT2D eigenvalue weighted by atomic mass is 35.5. The van der Waals surface area contributed by atoms with Gasteiger partial charge in [-0.3, -0.25) is 4.79 Å². The number of aromatic nitrogens is 1. The first kappa shape index (κ1) is 17.7. The van der Waals surface area contributed by atoms with E-state index in [9.17, 15) is 10.1 Å². The Bertz CT molecular complexity index is 1020. The van der Waals surface area contributed by atoms with Crippen molar-refractivity contribution in [2.24, 2.45) is 0 Å². The minimum Gasteiger partial charge on any atom is -0.345 e. The number of nitrogens with one attached hydrogen (secondary N) is 1. The molecule has 0 bridgehead atoms. The van der Waals surface area contributed by atoms with Gasteiger partial charge in [0, 0.05) is 5.39 Å². The molecule has 1 aromatic heterocycles. The van der Waals surface area contributed by atoms with Gasteiger partial charge in [-0.05, 0) is 30.7 Å². The lowest BCUT2D eigenvalue weighted by atomic mass is 10.1. The number of hydrogen-bond acceptors (Lipinski definition) is 3. The third-order valence-corrected chi connectivity index (χ3v) is 4.30. The molecule has 26 heavy (non-hydrogen) atoms. The monoisotopic (exact) mass is 361 g/mol. The Morgan fingerprint density at radius 2 is 1.92 bits per heavy atom. The van der Waals surface area contributed by atoms with Gasteiger partial charge in [-0.1, -0.05) is 60.1 Å². The molecule has 1 atom stereocenters. The number of halogens is 1. The van der Waals surface area contributed by atoms with E-state index < -0.39 is 5.91 Å². The molecule has 0 fully saturated rings. The number of nitrogens with zero attached hydrogens (tertiary/aromatic N) is 2. The topological polar surface area (TPSA) is 65.8 Å². The summed E-state index contributed by atoms with van der Waals surface area (Å²) in [4.78, 5) is 16.9. The largest absolute Gasteiger partial charge is 0.345 e. The third kappa shape index (κ3) is 3.90. The SMILES string of the molecule is CC(NC(=O)/C(C#N)=C/c1ccc2cccc(Cl)c2n1)c1ccccc1. The zero-order valence-electron chi connectivity index (χ0n) is 14.1. The molecule has 4 nitrogen and oxygen atoms in total. The molecule has 3 rings (SSSR count). The van der Waals surface area contributed by atoms with Crippen molar-refractivity contribution in [1.82, 2.24) is 10.3 Å². The molecule has 0 radical (unpaired) electrons. The second-order valence-corrected chi connectivity index (χ2v) is 6.23. The van der Waals surface area contributed by atoms with Crippen molar-refractivity contribution in [1.29, 1.82) is 5.26 Å². The first-order chi connectivity index (χ1) is 12.6. The molecule has 5 heteroatoms. The van der Waals surface area contributed by atoms with Gasteiger partial charge in [0.2, 0.25) is 0 Å². The van der Waals surface area contributed by atoms with Crippen molar-refractivity contribution in [3.05, 3.63) is 82.5 Å². The molecule has 1 unspecified atom stereocenters. The highest BCUT2D eigenvalue weighted by Crippen LogP contribution is 2.22. The number of carbonyl (C=O) groups excluding carboxylic acids is 1. The van der Waals surface area contributed by atoms with Crippen molar-refractivity contribution >= 4 is 34.5 Å². The van der Waals surface area contributed by atoms with E-state index in [0.717, 1.165) is 10.9 Å². The van der Waals surface area contributed by atoms with Gasteiger partial charge in [-0.2, -0.15) is 5.26 Å². The van der Waals surface area contributed by atoms with Crippen LogP contribution in [-0.4, -0.2) is 10.9 Å². The van der Waals surface area contributed by atoms with Crippen LogP contribution in [0.2, 0.25) is 5.02 Å². The predicted molar refractivity (Wildman–Crippen MR) is 103 cm³/mol. The molecule has 2 aromatic carbocycles. The summed E-state index contributed by atoms with van der Waals surface area (Å²) < 4.78 is 0. The van der Waals surface area contributed by atoms with Crippen LogP contribution in [0.1, 0.15) is 24.2 Å². The second-order valence-electron chi connectivity index (χ2n) is 5.82. The summed E-state index contributed by atoms with van der Waals surface area (Å²) in [6, 6.07) is 20.4. The fourth-order valence-electron chi connectivity index (χ4n) is 2.60. The Morgan fingerprint density at radius 1 is 1.15 bits per heavy atom. The van der Waals surface area contributed by atoms with Crippen LogP contribution in [0, 0.1) is 11.3 Å². The van der Waals surface area contributed by atoms with E-state index in [1.54, 1.807) is 12.1 Å². The maximum absolute atomic E-state index is 12.4. The lowest BCUT2D eigenvalue weighted by molar-refractivity contribution is -0.117. The minimum absolute atomic E-state index is 0.00770. The summed E-state index contributed by atoms with van der Waals surface area (Å²) in [5.41, 5.74) is 2.10. The Hall–Kier alpha value is -3.16. The van der Waals surface area contributed by atoms with Gasteiger partial charge in [-0.25, -0.2) is 4.98 Å². The normalized spacial score (nSPS) is 12.4. The van der Waals surface area contributed by atoms with E-state index in [1.165, 1.54) is 6.08 Å². The number of hydrogen-bond donors (Lipinski definition) is 1. The van der Waals surface area contributed by atoms with Crippen LogP contribution in [0.15, 0.2) is 66.2 Å². The lowest BCUT2D eigenvalue weighted by Gasteiger charge is -2.13. The van der Waals surface area contributed by atoms with Gasteiger partial charge in [-0.15, -0.1) is 0 Å². The maximum atomic E-state index is 12.4. The van der Waals surface area contributed by atoms with Crippen molar-refractivity contribution in [2.45, 2.75) is 13.0 Å². The standard InChI is InChI=1S/C21H16ClN3O/c1-14(15-6-3-2-4-7-15)24-21(26)17(13-23)12-18-11-10-16-8-5-9-19(22)20(16)25-18/h2-12,14H,1H3,(H,24,26)/b17-12+. The minimum atomic E-state index is -0.440. The Labute approximate surface area is 156 Å². The average molecular weight is 362 g/mol. The van der Waals surface area contributed by atoms with Crippen LogP contribution < -0.4 is 5.32 Å². The van der Waals surface area contributed by atoms with Gasteiger partial charge >= 0.3 is 0 Å². The molecule has 0 aliphatic rings. The van der Waals surface area contributed by atoms with Crippen LogP contribution >= 0.6 is 11.6 Å². The molecule has 3 aromatic rings. The Kier molecular flexibility index (Phi) is 5.31. The molecular weight excluding hydrogens is 346 g/mol. The number of rotatable bonds is 4. The maximum Gasteiger partial charge on any atom is 0.262 e. The van der Waals surface area contributed by atoms with E-state index in [2.05, 4.69) is 10.3 Å². The third-order valence-electron chi connectivity index (χ3n) is 4.00. The van der Waals surface area contributed by atoms with E-state index in [1.807, 2.05) is 61.5 Å². The quantitative estimate of drug-likeness (QED) is 0.542. The number of benzene rings is 2. The Balaban J connectivity index is 1.85. The molecule has 1 N–H and O–H groups in total. The van der Waals surface area contributed by atoms with Crippen LogP contribution in [0.4, 0.5) is 0 Å². The van der Waals surface area contributed by atoms with Crippen molar-refractivity contribution < 1.29 is 4.79 Å². The molecule has 0 aliphatic carbocycles. The summed E-state index contributed by atoms with van der Waals surface area (Å²) in [5, 5.41) is 13.6. The number of fused-ring (bicyclic) bond motifs is 1. The molecule has 128 valence electrons. The summed E-state index contributed by atoms with van der Waals surface area (Å²) in [7, 11) is 0. The van der Waals surface area contributed by atoms with Gasteiger partial charge in [0.15, 0.2) is 0 Å². The molecule has 0 aliphatic heterocycles. The average Bonchev–Trinajstić information content (AvgIpc) is 2.67. The van der Waals surface area contributed by atoms with Gasteiger partial charge in [0.1, 0.15) is 11.6 Å². The first-order valence-corrected chi connectivity index (χ1v) is 8.49. The van der Waals surface area contributed by atoms with Crippen molar-refractivity contribution in [3.8, 4) is 6.07 Å². The van der Waals surface area contributed by atoms with E-state index >= 15 is 0 Å². The number of carbonyl (C=O) groups is 1. The molecule has 0 saturated carbocycles. The Morgan fingerprint density at radius 3 is 2.65 bits per heavy atom. The first-order valence-electron chi connectivity index (χ1n) is 8.11. The van der Waals surface area contributed by atoms with E-state index in [4.69, 9.17) is 11.6 Å². The molecule has 0 spiro atoms. The summed E-state index contributed by atoms with van der Waals surface area (Å²) in [6.45, 7) is 1.87. The highest BCUT2D eigenvalue weighted by molar-refractivity contribution is 6.35. The lowest BCUT2D eigenvalue weighted by Crippen LogP contribution is -2.27. The van der Waals surface area contributed by atoms with Gasteiger partial charge in [0.25, 0.3) is 5.91 Å². The fourth-order valence-corrected chi connectivity index (χ4v) is 2.83. The van der Waals surface area contributed by atoms with Crippen molar-refractivity contribution in [3.63, 3.8) is 0 Å². The van der Waals surface area contributed by atoms with Gasteiger partial charge < -0.3 is 5.32 Å². The number of amides is 1. The summed E-state index contributed by atoms with van der Waals surface area (Å²) in [5.74, 6) is -0.440. The molecule has 1 heterocycles. The van der Waals surface area contributed by atoms with E-state index in [-0.39, 0.29) is 11.6 Å². The number of para-hydroxylation sites is 1. The zero-order chi connectivity index (χ0) is 18.5. The van der Waals surface area contributed by atoms with Crippen LogP contribution in [0.3, 0.4) is 0 Å². The van der Waals surface area contributed by atoms with Crippen LogP contribution in [0.5, 0.6) is 0 Å². The summed E-state index contributed by atoms with van der Waals surface area (Å²) in [6.07, 6.45) is 1.47. The second kappa shape index (κ2) is 7.81. The van der Waals surface area contributed by atoms with Gasteiger partial charge in [0.05, 0.1) is 22.3 Å². The molecule has 0 saturated heterocycles. The van der Waals surface area contributed by atoms with Crippen LogP contribution in [0.25, 0.3) is 17.0 Å². The smallest absolute Gasteiger partial charge is 0.262 e. The number of pyridine rings is 1. The van der Waals surface area contributed by atoms with Crippen LogP contribution in [-0.2, 0) is 4.79 Å². The predicted octanol–water partition coefficient (Wildman–Crippen LogP) is 4.67. The van der Waals surface area contributed by atoms with E-state index in [0.29, 0.717) is 16.2 Å². The summed E-state index contributed by atoms with van der Waals surface area (Å²) >= 11 is 6.17. The zero-order valence-corrected chi connectivity index (χ0v) is 14.9. The highest BCUT2D eigenvalue weighted by Gasteiger charge is 2.14. The molecule has 1 amide bonds. The van der Waals surface area contributed by atoms with Crippen molar-refractivity contribution in [2.75, 3.05) is 0 Å². The fraction of sp³-hybridized carbons (Fsp3) is 0.0952. The number of nitriles is 1.